The fourth-order valence-electron chi connectivity index (χ4n) is 4.11. The van der Waals surface area contributed by atoms with Crippen molar-refractivity contribution in [1.29, 1.82) is 0 Å². The molecule has 1 aromatic heterocycles. The molecule has 1 heterocycles. The number of carbonyl (C=O) groups is 1. The predicted molar refractivity (Wildman–Crippen MR) is 128 cm³/mol. The van der Waals surface area contributed by atoms with Crippen LogP contribution < -0.4 is 0 Å². The van der Waals surface area contributed by atoms with Crippen LogP contribution in [-0.4, -0.2) is 21.3 Å². The molecule has 5 aromatic rings. The fraction of sp³-hybridized carbons (Fsp3) is 0.0714. The number of fused-ring (bicyclic) bond motifs is 1. The van der Waals surface area contributed by atoms with Crippen LogP contribution >= 0.6 is 0 Å². The Morgan fingerprint density at radius 3 is 2.06 bits per heavy atom. The second-order valence-corrected chi connectivity index (χ2v) is 8.25. The zero-order valence-corrected chi connectivity index (χ0v) is 18.6. The average Bonchev–Trinajstić information content (AvgIpc) is 3.37. The first-order chi connectivity index (χ1) is 17.2. The average molecular weight is 489 g/mol. The monoisotopic (exact) mass is 489 g/mol. The highest BCUT2D eigenvalue weighted by atomic mass is 19.4. The number of benzene rings is 4. The summed E-state index contributed by atoms with van der Waals surface area (Å²) in [6.07, 6.45) is -4.42. The molecule has 0 aliphatic rings. The van der Waals surface area contributed by atoms with E-state index in [1.54, 1.807) is 30.3 Å². The third kappa shape index (κ3) is 4.46. The summed E-state index contributed by atoms with van der Waals surface area (Å²) < 4.78 is 43.8. The van der Waals surface area contributed by atoms with Crippen molar-refractivity contribution < 1.29 is 32.7 Å². The Bertz CT molecular complexity index is 1570. The normalized spacial score (nSPS) is 11.7. The number of hydrogen-bond acceptors (Lipinski definition) is 4. The highest BCUT2D eigenvalue weighted by Crippen LogP contribution is 2.35. The van der Waals surface area contributed by atoms with Crippen molar-refractivity contribution in [2.45, 2.75) is 12.8 Å². The first-order valence-corrected chi connectivity index (χ1v) is 10.9. The minimum Gasteiger partial charge on any atom is -0.478 e. The number of aromatic carboxylic acids is 1. The lowest BCUT2D eigenvalue weighted by Gasteiger charge is -2.12. The van der Waals surface area contributed by atoms with E-state index in [9.17, 15) is 28.2 Å². The summed E-state index contributed by atoms with van der Waals surface area (Å²) in [5.74, 6) is -0.744. The zero-order valence-electron chi connectivity index (χ0n) is 18.6. The van der Waals surface area contributed by atoms with Crippen molar-refractivity contribution in [1.82, 2.24) is 5.16 Å². The topological polar surface area (TPSA) is 83.6 Å². The van der Waals surface area contributed by atoms with Crippen molar-refractivity contribution in [3.8, 4) is 33.5 Å². The summed E-state index contributed by atoms with van der Waals surface area (Å²) in [6, 6.07) is 22.4. The number of hydrogen-bond donors (Lipinski definition) is 2. The minimum absolute atomic E-state index is 0.0928. The van der Waals surface area contributed by atoms with Gasteiger partial charge < -0.3 is 14.7 Å². The number of aliphatic hydroxyl groups is 1. The molecule has 0 saturated carbocycles. The number of aliphatic hydroxyl groups excluding tert-OH is 1. The van der Waals surface area contributed by atoms with Crippen LogP contribution in [-0.2, 0) is 12.8 Å². The van der Waals surface area contributed by atoms with Crippen LogP contribution in [0.4, 0.5) is 13.2 Å². The van der Waals surface area contributed by atoms with Crippen LogP contribution in [0.15, 0.2) is 89.5 Å². The molecule has 0 fully saturated rings. The molecule has 0 amide bonds. The number of halogens is 3. The molecule has 0 aliphatic heterocycles. The van der Waals surface area contributed by atoms with Gasteiger partial charge in [-0.1, -0.05) is 53.7 Å². The van der Waals surface area contributed by atoms with E-state index in [2.05, 4.69) is 5.16 Å². The summed E-state index contributed by atoms with van der Waals surface area (Å²) >= 11 is 0. The third-order valence-electron chi connectivity index (χ3n) is 5.95. The van der Waals surface area contributed by atoms with Gasteiger partial charge in [-0.3, -0.25) is 0 Å². The Morgan fingerprint density at radius 1 is 0.806 bits per heavy atom. The molecular formula is C28H18F3NO4. The van der Waals surface area contributed by atoms with E-state index in [4.69, 9.17) is 4.52 Å². The van der Waals surface area contributed by atoms with Gasteiger partial charge in [-0.05, 0) is 63.4 Å². The third-order valence-corrected chi connectivity index (χ3v) is 5.95. The van der Waals surface area contributed by atoms with Gasteiger partial charge in [-0.2, -0.15) is 13.2 Å². The molecule has 2 N–H and O–H groups in total. The van der Waals surface area contributed by atoms with Gasteiger partial charge in [-0.15, -0.1) is 0 Å². The van der Waals surface area contributed by atoms with Gasteiger partial charge in [0, 0.05) is 11.6 Å². The number of carboxylic acid groups (broad SMARTS) is 1. The highest BCUT2D eigenvalue weighted by molar-refractivity contribution is 6.04. The molecule has 0 bridgehead atoms. The van der Waals surface area contributed by atoms with Crippen LogP contribution in [0.2, 0.25) is 0 Å². The van der Waals surface area contributed by atoms with Gasteiger partial charge in [-0.25, -0.2) is 4.79 Å². The lowest BCUT2D eigenvalue weighted by Crippen LogP contribution is -2.03. The molecule has 5 nitrogen and oxygen atoms in total. The molecular weight excluding hydrogens is 471 g/mol. The van der Waals surface area contributed by atoms with Crippen molar-refractivity contribution in [3.05, 3.63) is 102 Å². The smallest absolute Gasteiger partial charge is 0.416 e. The lowest BCUT2D eigenvalue weighted by atomic mass is 9.92. The second kappa shape index (κ2) is 8.98. The maximum atomic E-state index is 12.9. The van der Waals surface area contributed by atoms with Gasteiger partial charge >= 0.3 is 12.1 Å². The highest BCUT2D eigenvalue weighted by Gasteiger charge is 2.30. The van der Waals surface area contributed by atoms with Crippen LogP contribution in [0.25, 0.3) is 44.3 Å². The maximum absolute atomic E-state index is 12.9. The Hall–Kier alpha value is -4.43. The Morgan fingerprint density at radius 2 is 1.44 bits per heavy atom. The van der Waals surface area contributed by atoms with Crippen molar-refractivity contribution in [2.75, 3.05) is 0 Å². The minimum atomic E-state index is -4.42. The van der Waals surface area contributed by atoms with E-state index in [1.807, 2.05) is 30.3 Å². The van der Waals surface area contributed by atoms with Gasteiger partial charge in [0.25, 0.3) is 0 Å². The summed E-state index contributed by atoms with van der Waals surface area (Å²) in [7, 11) is 0. The van der Waals surface area contributed by atoms with Crippen LogP contribution in [0, 0.1) is 0 Å². The SMILES string of the molecule is O=C(O)c1cc(-c2ccc(-c3cc(CO)on3)cc2)c2ccc(-c3ccc(C(F)(F)F)cc3)cc2c1. The summed E-state index contributed by atoms with van der Waals surface area (Å²) in [5, 5.41) is 24.2. The molecule has 180 valence electrons. The zero-order chi connectivity index (χ0) is 25.4. The molecule has 8 heteroatoms. The maximum Gasteiger partial charge on any atom is 0.416 e. The number of rotatable bonds is 5. The number of nitrogens with zero attached hydrogens (tertiary/aromatic N) is 1. The van der Waals surface area contributed by atoms with E-state index in [-0.39, 0.29) is 12.2 Å². The Balaban J connectivity index is 1.57. The first-order valence-electron chi connectivity index (χ1n) is 10.9. The Kier molecular flexibility index (Phi) is 5.81. The van der Waals surface area contributed by atoms with Gasteiger partial charge in [0.15, 0.2) is 5.76 Å². The van der Waals surface area contributed by atoms with E-state index in [1.165, 1.54) is 12.1 Å². The quantitative estimate of drug-likeness (QED) is 0.277. The standard InChI is InChI=1S/C28H18F3NO4/c29-28(30,31)22-8-5-16(6-9-22)19-7-10-24-20(11-19)12-21(27(34)35)13-25(24)17-1-3-18(4-2-17)26-14-23(15-33)36-32-26/h1-14,33H,15H2,(H,34,35). The van der Waals surface area contributed by atoms with Crippen molar-refractivity contribution >= 4 is 16.7 Å². The molecule has 36 heavy (non-hydrogen) atoms. The summed E-state index contributed by atoms with van der Waals surface area (Å²) in [6.45, 7) is -0.256. The molecule has 0 unspecified atom stereocenters. The van der Waals surface area contributed by atoms with E-state index in [0.717, 1.165) is 28.6 Å². The van der Waals surface area contributed by atoms with Gasteiger partial charge in [0.2, 0.25) is 0 Å². The Labute approximate surface area is 203 Å². The van der Waals surface area contributed by atoms with E-state index < -0.39 is 17.7 Å². The van der Waals surface area contributed by atoms with Crippen LogP contribution in [0.3, 0.4) is 0 Å². The predicted octanol–water partition coefficient (Wildman–Crippen LogP) is 7.04. The summed E-state index contributed by atoms with van der Waals surface area (Å²) in [5.41, 5.74) is 3.43. The summed E-state index contributed by atoms with van der Waals surface area (Å²) in [4.78, 5) is 11.8. The number of carboxylic acids is 1. The second-order valence-electron chi connectivity index (χ2n) is 8.25. The largest absolute Gasteiger partial charge is 0.478 e. The van der Waals surface area contributed by atoms with E-state index in [0.29, 0.717) is 33.5 Å². The molecule has 5 rings (SSSR count). The van der Waals surface area contributed by atoms with Crippen molar-refractivity contribution in [3.63, 3.8) is 0 Å². The molecule has 0 aliphatic carbocycles. The van der Waals surface area contributed by atoms with Gasteiger partial charge in [0.1, 0.15) is 12.3 Å². The number of alkyl halides is 3. The lowest BCUT2D eigenvalue weighted by molar-refractivity contribution is -0.137. The molecule has 4 aromatic carbocycles. The van der Waals surface area contributed by atoms with Crippen LogP contribution in [0.1, 0.15) is 21.7 Å². The molecule has 0 spiro atoms. The van der Waals surface area contributed by atoms with E-state index >= 15 is 0 Å². The molecule has 0 radical (unpaired) electrons. The molecule has 0 saturated heterocycles. The molecule has 0 atom stereocenters. The van der Waals surface area contributed by atoms with Crippen LogP contribution in [0.5, 0.6) is 0 Å². The first kappa shape index (κ1) is 23.3. The fourth-order valence-corrected chi connectivity index (χ4v) is 4.11. The van der Waals surface area contributed by atoms with Crippen molar-refractivity contribution in [2.24, 2.45) is 0 Å². The number of aromatic nitrogens is 1. The van der Waals surface area contributed by atoms with Gasteiger partial charge in [0.05, 0.1) is 11.1 Å².